The van der Waals surface area contributed by atoms with E-state index in [1.165, 1.54) is 13.0 Å². The normalized spacial score (nSPS) is 10.5. The lowest BCUT2D eigenvalue weighted by molar-refractivity contribution is -0.131. The van der Waals surface area contributed by atoms with Gasteiger partial charge < -0.3 is 14.4 Å². The third-order valence-electron chi connectivity index (χ3n) is 2.52. The minimum atomic E-state index is -1.02. The lowest BCUT2D eigenvalue weighted by atomic mass is 10.2. The molecule has 0 saturated heterocycles. The molecule has 1 aromatic carbocycles. The van der Waals surface area contributed by atoms with E-state index in [-0.39, 0.29) is 5.69 Å². The number of aromatic nitrogens is 1. The van der Waals surface area contributed by atoms with Crippen molar-refractivity contribution < 1.29 is 19.4 Å². The standard InChI is InChI=1S/C12H11NO4/c1-7(14)17-11-5-3-4-9-8(11)6-10(12(15)16)13(9)2/h3-6H,1-2H3,(H,15,16). The van der Waals surface area contributed by atoms with E-state index in [0.29, 0.717) is 16.7 Å². The number of carboxylic acid groups (broad SMARTS) is 1. The molecule has 0 spiro atoms. The summed E-state index contributed by atoms with van der Waals surface area (Å²) in [5.74, 6) is -1.08. The number of carbonyl (C=O) groups is 2. The number of benzene rings is 1. The number of nitrogens with zero attached hydrogens (tertiary/aromatic N) is 1. The molecule has 1 aromatic heterocycles. The molecule has 0 saturated carbocycles. The second-order valence-electron chi connectivity index (χ2n) is 3.68. The van der Waals surface area contributed by atoms with E-state index in [0.717, 1.165) is 0 Å². The average Bonchev–Trinajstić information content (AvgIpc) is 2.57. The lowest BCUT2D eigenvalue weighted by Crippen LogP contribution is -2.03. The molecule has 1 N–H and O–H groups in total. The summed E-state index contributed by atoms with van der Waals surface area (Å²) in [6, 6.07) is 6.62. The number of rotatable bonds is 2. The van der Waals surface area contributed by atoms with Crippen molar-refractivity contribution >= 4 is 22.8 Å². The number of aryl methyl sites for hydroxylation is 1. The highest BCUT2D eigenvalue weighted by molar-refractivity contribution is 5.97. The van der Waals surface area contributed by atoms with Gasteiger partial charge in [0.2, 0.25) is 0 Å². The number of aromatic carboxylic acids is 1. The van der Waals surface area contributed by atoms with Gasteiger partial charge in [-0.05, 0) is 18.2 Å². The van der Waals surface area contributed by atoms with Gasteiger partial charge in [-0.15, -0.1) is 0 Å². The lowest BCUT2D eigenvalue weighted by Gasteiger charge is -2.03. The van der Waals surface area contributed by atoms with Gasteiger partial charge in [0, 0.05) is 19.4 Å². The first-order chi connectivity index (χ1) is 8.00. The van der Waals surface area contributed by atoms with Crippen LogP contribution in [-0.4, -0.2) is 21.6 Å². The van der Waals surface area contributed by atoms with Crippen molar-refractivity contribution in [1.82, 2.24) is 4.57 Å². The summed E-state index contributed by atoms with van der Waals surface area (Å²) in [6.07, 6.45) is 0. The first-order valence-corrected chi connectivity index (χ1v) is 5.01. The second kappa shape index (κ2) is 3.93. The molecule has 0 aliphatic heterocycles. The molecule has 17 heavy (non-hydrogen) atoms. The van der Waals surface area contributed by atoms with Gasteiger partial charge in [0.15, 0.2) is 0 Å². The Morgan fingerprint density at radius 2 is 2.06 bits per heavy atom. The van der Waals surface area contributed by atoms with Crippen molar-refractivity contribution in [1.29, 1.82) is 0 Å². The maximum atomic E-state index is 11.0. The van der Waals surface area contributed by atoms with Gasteiger partial charge in [-0.2, -0.15) is 0 Å². The van der Waals surface area contributed by atoms with Crippen LogP contribution in [0.1, 0.15) is 17.4 Å². The van der Waals surface area contributed by atoms with Crippen LogP contribution in [0.2, 0.25) is 0 Å². The minimum Gasteiger partial charge on any atom is -0.477 e. The van der Waals surface area contributed by atoms with Crippen LogP contribution in [0, 0.1) is 0 Å². The average molecular weight is 233 g/mol. The van der Waals surface area contributed by atoms with Crippen molar-refractivity contribution in [2.75, 3.05) is 0 Å². The Hall–Kier alpha value is -2.30. The first kappa shape index (κ1) is 11.2. The Morgan fingerprint density at radius 3 is 2.65 bits per heavy atom. The van der Waals surface area contributed by atoms with Crippen molar-refractivity contribution in [3.63, 3.8) is 0 Å². The van der Waals surface area contributed by atoms with Gasteiger partial charge in [0.1, 0.15) is 11.4 Å². The third kappa shape index (κ3) is 1.87. The van der Waals surface area contributed by atoms with E-state index in [9.17, 15) is 9.59 Å². The zero-order chi connectivity index (χ0) is 12.6. The predicted octanol–water partition coefficient (Wildman–Crippen LogP) is 1.80. The molecule has 0 aliphatic rings. The molecule has 88 valence electrons. The van der Waals surface area contributed by atoms with Gasteiger partial charge in [-0.1, -0.05) is 6.07 Å². The molecule has 2 aromatic rings. The molecular formula is C12H11NO4. The summed E-state index contributed by atoms with van der Waals surface area (Å²) in [6.45, 7) is 1.31. The van der Waals surface area contributed by atoms with E-state index < -0.39 is 11.9 Å². The van der Waals surface area contributed by atoms with Gasteiger partial charge in [0.25, 0.3) is 0 Å². The van der Waals surface area contributed by atoms with Crippen molar-refractivity contribution in [2.24, 2.45) is 7.05 Å². The summed E-state index contributed by atoms with van der Waals surface area (Å²) >= 11 is 0. The topological polar surface area (TPSA) is 68.5 Å². The van der Waals surface area contributed by atoms with E-state index in [2.05, 4.69) is 0 Å². The summed E-state index contributed by atoms with van der Waals surface area (Å²) < 4.78 is 6.58. The Balaban J connectivity index is 2.68. The summed E-state index contributed by atoms with van der Waals surface area (Å²) in [7, 11) is 1.66. The number of hydrogen-bond acceptors (Lipinski definition) is 3. The SMILES string of the molecule is CC(=O)Oc1cccc2c1cc(C(=O)O)n2C. The molecule has 0 radical (unpaired) electrons. The third-order valence-corrected chi connectivity index (χ3v) is 2.52. The maximum Gasteiger partial charge on any atom is 0.352 e. The summed E-state index contributed by atoms with van der Waals surface area (Å²) in [5, 5.41) is 9.62. The summed E-state index contributed by atoms with van der Waals surface area (Å²) in [5.41, 5.74) is 0.862. The minimum absolute atomic E-state index is 0.152. The highest BCUT2D eigenvalue weighted by atomic mass is 16.5. The van der Waals surface area contributed by atoms with Crippen LogP contribution < -0.4 is 4.74 Å². The number of esters is 1. The molecule has 0 bridgehead atoms. The number of hydrogen-bond donors (Lipinski definition) is 1. The van der Waals surface area contributed by atoms with Gasteiger partial charge in [0.05, 0.1) is 5.52 Å². The Labute approximate surface area is 97.2 Å². The number of carboxylic acids is 1. The summed E-state index contributed by atoms with van der Waals surface area (Å²) in [4.78, 5) is 21.9. The maximum absolute atomic E-state index is 11.0. The number of ether oxygens (including phenoxy) is 1. The Bertz CT molecular complexity index is 612. The van der Waals surface area contributed by atoms with Crippen LogP contribution in [0.25, 0.3) is 10.9 Å². The molecule has 0 aliphatic carbocycles. The van der Waals surface area contributed by atoms with Crippen LogP contribution in [0.5, 0.6) is 5.75 Å². The van der Waals surface area contributed by atoms with Crippen molar-refractivity contribution in [3.8, 4) is 5.75 Å². The van der Waals surface area contributed by atoms with E-state index in [4.69, 9.17) is 9.84 Å². The van der Waals surface area contributed by atoms with Crippen molar-refractivity contribution in [2.45, 2.75) is 6.92 Å². The highest BCUT2D eigenvalue weighted by Crippen LogP contribution is 2.28. The predicted molar refractivity (Wildman–Crippen MR) is 61.2 cm³/mol. The molecule has 0 fully saturated rings. The molecule has 0 atom stereocenters. The fourth-order valence-electron chi connectivity index (χ4n) is 1.78. The molecule has 1 heterocycles. The molecule has 5 heteroatoms. The Morgan fingerprint density at radius 1 is 1.35 bits per heavy atom. The van der Waals surface area contributed by atoms with E-state index in [1.807, 2.05) is 0 Å². The number of carbonyl (C=O) groups excluding carboxylic acids is 1. The Kier molecular flexibility index (Phi) is 2.59. The molecule has 0 amide bonds. The van der Waals surface area contributed by atoms with Crippen LogP contribution >= 0.6 is 0 Å². The smallest absolute Gasteiger partial charge is 0.352 e. The van der Waals surface area contributed by atoms with Crippen LogP contribution in [0.4, 0.5) is 0 Å². The van der Waals surface area contributed by atoms with Crippen LogP contribution in [0.15, 0.2) is 24.3 Å². The zero-order valence-corrected chi connectivity index (χ0v) is 9.43. The second-order valence-corrected chi connectivity index (χ2v) is 3.68. The molecule has 2 rings (SSSR count). The first-order valence-electron chi connectivity index (χ1n) is 5.01. The largest absolute Gasteiger partial charge is 0.477 e. The van der Waals surface area contributed by atoms with E-state index in [1.54, 1.807) is 29.8 Å². The highest BCUT2D eigenvalue weighted by Gasteiger charge is 2.15. The fourth-order valence-corrected chi connectivity index (χ4v) is 1.78. The monoisotopic (exact) mass is 233 g/mol. The van der Waals surface area contributed by atoms with Gasteiger partial charge in [-0.25, -0.2) is 4.79 Å². The van der Waals surface area contributed by atoms with Crippen LogP contribution in [0.3, 0.4) is 0 Å². The van der Waals surface area contributed by atoms with E-state index >= 15 is 0 Å². The molecule has 5 nitrogen and oxygen atoms in total. The van der Waals surface area contributed by atoms with Crippen LogP contribution in [-0.2, 0) is 11.8 Å². The molecule has 0 unspecified atom stereocenters. The van der Waals surface area contributed by atoms with Gasteiger partial charge in [-0.3, -0.25) is 4.79 Å². The number of fused-ring (bicyclic) bond motifs is 1. The quantitative estimate of drug-likeness (QED) is 0.634. The zero-order valence-electron chi connectivity index (χ0n) is 9.43. The molecular weight excluding hydrogens is 222 g/mol. The fraction of sp³-hybridized carbons (Fsp3) is 0.167. The van der Waals surface area contributed by atoms with Crippen molar-refractivity contribution in [3.05, 3.63) is 30.0 Å². The van der Waals surface area contributed by atoms with Gasteiger partial charge >= 0.3 is 11.9 Å².